The van der Waals surface area contributed by atoms with Gasteiger partial charge in [-0.2, -0.15) is 0 Å². The molecule has 1 aliphatic heterocycles. The molecule has 1 saturated heterocycles. The van der Waals surface area contributed by atoms with E-state index in [2.05, 4.69) is 10.2 Å². The molecule has 0 aromatic heterocycles. The molecule has 1 saturated carbocycles. The maximum atomic E-state index is 13.0. The van der Waals surface area contributed by atoms with Crippen LogP contribution in [0.1, 0.15) is 43.7 Å². The van der Waals surface area contributed by atoms with E-state index in [4.69, 9.17) is 14.2 Å². The van der Waals surface area contributed by atoms with Gasteiger partial charge < -0.3 is 24.6 Å². The number of aliphatic hydroxyl groups is 1. The van der Waals surface area contributed by atoms with Crippen molar-refractivity contribution in [3.05, 3.63) is 48.0 Å². The lowest BCUT2D eigenvalue weighted by molar-refractivity contribution is -0.135. The number of carbonyl (C=O) groups is 1. The fourth-order valence-corrected chi connectivity index (χ4v) is 5.46. The number of anilines is 1. The van der Waals surface area contributed by atoms with Crippen LogP contribution in [0.4, 0.5) is 5.69 Å². The number of benzene rings is 2. The summed E-state index contributed by atoms with van der Waals surface area (Å²) >= 11 is 0. The molecule has 3 atom stereocenters. The molecule has 178 valence electrons. The van der Waals surface area contributed by atoms with Crippen LogP contribution in [-0.2, 0) is 4.79 Å². The summed E-state index contributed by atoms with van der Waals surface area (Å²) in [7, 11) is 4.89. The van der Waals surface area contributed by atoms with Crippen molar-refractivity contribution in [2.75, 3.05) is 39.7 Å². The monoisotopic (exact) mass is 454 g/mol. The zero-order valence-electron chi connectivity index (χ0n) is 19.7. The van der Waals surface area contributed by atoms with Gasteiger partial charge in [0.05, 0.1) is 33.5 Å². The number of hydrogen-bond donors (Lipinski definition) is 2. The molecule has 33 heavy (non-hydrogen) atoms. The summed E-state index contributed by atoms with van der Waals surface area (Å²) in [4.78, 5) is 15.2. The number of methoxy groups -OCH3 is 3. The molecule has 0 spiro atoms. The molecular weight excluding hydrogens is 420 g/mol. The topological polar surface area (TPSA) is 80.3 Å². The van der Waals surface area contributed by atoms with Crippen molar-refractivity contribution >= 4 is 11.6 Å². The van der Waals surface area contributed by atoms with E-state index in [0.717, 1.165) is 48.4 Å². The minimum atomic E-state index is -0.711. The number of fused-ring (bicyclic) bond motifs is 1. The van der Waals surface area contributed by atoms with Gasteiger partial charge in [-0.15, -0.1) is 0 Å². The van der Waals surface area contributed by atoms with Gasteiger partial charge in [0.15, 0.2) is 0 Å². The summed E-state index contributed by atoms with van der Waals surface area (Å²) in [6.45, 7) is 0.876. The lowest BCUT2D eigenvalue weighted by atomic mass is 9.66. The van der Waals surface area contributed by atoms with E-state index in [9.17, 15) is 9.90 Å². The zero-order chi connectivity index (χ0) is 23.4. The molecule has 7 heteroatoms. The predicted octanol–water partition coefficient (Wildman–Crippen LogP) is 4.02. The number of amides is 1. The highest BCUT2D eigenvalue weighted by Gasteiger charge is 2.49. The van der Waals surface area contributed by atoms with E-state index in [0.29, 0.717) is 18.7 Å². The Hall–Kier alpha value is -2.77. The average Bonchev–Trinajstić information content (AvgIpc) is 2.84. The lowest BCUT2D eigenvalue weighted by Crippen LogP contribution is -2.56. The van der Waals surface area contributed by atoms with Crippen molar-refractivity contribution < 1.29 is 24.1 Å². The third-order valence-electron chi connectivity index (χ3n) is 7.15. The molecule has 0 radical (unpaired) electrons. The Morgan fingerprint density at radius 2 is 1.76 bits per heavy atom. The second-order valence-corrected chi connectivity index (χ2v) is 9.01. The second-order valence-electron chi connectivity index (χ2n) is 9.01. The first-order chi connectivity index (χ1) is 16.0. The third-order valence-corrected chi connectivity index (χ3v) is 7.15. The van der Waals surface area contributed by atoms with Gasteiger partial charge >= 0.3 is 0 Å². The standard InChI is InChI=1S/C26H34N2O5/c1-31-19-9-7-18(8-10-19)27-24(29)17-28-15-14-26(30)13-5-4-6-22(26)25(28)21-12-11-20(32-2)16-23(21)33-3/h7-12,16,22,25,30H,4-6,13-15,17H2,1-3H3,(H,27,29)/t22-,25+,26+/m1/s1. The number of rotatable bonds is 7. The minimum Gasteiger partial charge on any atom is -0.497 e. The average molecular weight is 455 g/mol. The SMILES string of the molecule is COc1ccc(NC(=O)CN2CC[C@@]3(O)CCCC[C@@H]3[C@@H]2c2ccc(OC)cc2OC)cc1. The van der Waals surface area contributed by atoms with E-state index in [1.54, 1.807) is 21.3 Å². The molecule has 1 amide bonds. The maximum Gasteiger partial charge on any atom is 0.238 e. The lowest BCUT2D eigenvalue weighted by Gasteiger charge is -2.52. The van der Waals surface area contributed by atoms with Crippen LogP contribution in [0, 0.1) is 5.92 Å². The molecule has 2 aliphatic rings. The highest BCUT2D eigenvalue weighted by molar-refractivity contribution is 5.92. The van der Waals surface area contributed by atoms with Crippen molar-refractivity contribution in [1.82, 2.24) is 4.90 Å². The molecule has 2 N–H and O–H groups in total. The smallest absolute Gasteiger partial charge is 0.238 e. The first kappa shape index (κ1) is 23.4. The number of hydrogen-bond acceptors (Lipinski definition) is 6. The molecule has 1 aliphatic carbocycles. The number of piperidine rings is 1. The Balaban J connectivity index is 1.60. The first-order valence-corrected chi connectivity index (χ1v) is 11.6. The van der Waals surface area contributed by atoms with E-state index >= 15 is 0 Å². The highest BCUT2D eigenvalue weighted by atomic mass is 16.5. The van der Waals surface area contributed by atoms with Gasteiger partial charge in [0, 0.05) is 35.8 Å². The predicted molar refractivity (Wildman–Crippen MR) is 127 cm³/mol. The molecule has 1 heterocycles. The summed E-state index contributed by atoms with van der Waals surface area (Å²) in [5.74, 6) is 2.13. The van der Waals surface area contributed by atoms with Gasteiger partial charge in [-0.05, 0) is 49.6 Å². The maximum absolute atomic E-state index is 13.0. The fraction of sp³-hybridized carbons (Fsp3) is 0.500. The van der Waals surface area contributed by atoms with Crippen molar-refractivity contribution in [3.8, 4) is 17.2 Å². The van der Waals surface area contributed by atoms with E-state index in [-0.39, 0.29) is 24.4 Å². The molecule has 2 aromatic carbocycles. The van der Waals surface area contributed by atoms with Crippen LogP contribution in [0.15, 0.2) is 42.5 Å². The Labute approximate surface area is 195 Å². The van der Waals surface area contributed by atoms with Crippen LogP contribution in [0.3, 0.4) is 0 Å². The van der Waals surface area contributed by atoms with Gasteiger partial charge in [0.25, 0.3) is 0 Å². The van der Waals surface area contributed by atoms with Crippen LogP contribution in [0.5, 0.6) is 17.2 Å². The molecule has 4 rings (SSSR count). The Bertz CT molecular complexity index is 964. The van der Waals surface area contributed by atoms with Gasteiger partial charge in [0.2, 0.25) is 5.91 Å². The number of likely N-dealkylation sites (tertiary alicyclic amines) is 1. The number of nitrogens with one attached hydrogen (secondary N) is 1. The van der Waals surface area contributed by atoms with Crippen LogP contribution < -0.4 is 19.5 Å². The Kier molecular flexibility index (Phi) is 7.10. The molecular formula is C26H34N2O5. The largest absolute Gasteiger partial charge is 0.497 e. The molecule has 2 fully saturated rings. The Morgan fingerprint density at radius 1 is 1.03 bits per heavy atom. The number of nitrogens with zero attached hydrogens (tertiary/aromatic N) is 1. The van der Waals surface area contributed by atoms with Gasteiger partial charge in [0.1, 0.15) is 17.2 Å². The minimum absolute atomic E-state index is 0.0380. The number of carbonyl (C=O) groups excluding carboxylic acids is 1. The van der Waals surface area contributed by atoms with Crippen LogP contribution in [0.25, 0.3) is 0 Å². The van der Waals surface area contributed by atoms with E-state index < -0.39 is 5.60 Å². The zero-order valence-corrected chi connectivity index (χ0v) is 19.7. The van der Waals surface area contributed by atoms with Crippen LogP contribution in [0.2, 0.25) is 0 Å². The third kappa shape index (κ3) is 4.94. The molecule has 2 aromatic rings. The van der Waals surface area contributed by atoms with Gasteiger partial charge in [-0.1, -0.05) is 18.9 Å². The summed E-state index contributed by atoms with van der Waals surface area (Å²) in [5.41, 5.74) is 1.00. The van der Waals surface area contributed by atoms with Gasteiger partial charge in [-0.3, -0.25) is 9.69 Å². The summed E-state index contributed by atoms with van der Waals surface area (Å²) in [6.07, 6.45) is 4.51. The van der Waals surface area contributed by atoms with Gasteiger partial charge in [-0.25, -0.2) is 0 Å². The van der Waals surface area contributed by atoms with Crippen LogP contribution in [-0.4, -0.2) is 55.9 Å². The highest BCUT2D eigenvalue weighted by Crippen LogP contribution is 2.51. The number of ether oxygens (including phenoxy) is 3. The quantitative estimate of drug-likeness (QED) is 0.658. The fourth-order valence-electron chi connectivity index (χ4n) is 5.46. The summed E-state index contributed by atoms with van der Waals surface area (Å²) in [5, 5.41) is 14.5. The van der Waals surface area contributed by atoms with E-state index in [1.165, 1.54) is 0 Å². The van der Waals surface area contributed by atoms with E-state index in [1.807, 2.05) is 42.5 Å². The normalized spacial score (nSPS) is 25.1. The molecule has 0 bridgehead atoms. The first-order valence-electron chi connectivity index (χ1n) is 11.6. The summed E-state index contributed by atoms with van der Waals surface area (Å²) in [6, 6.07) is 13.0. The van der Waals surface area contributed by atoms with Crippen molar-refractivity contribution in [1.29, 1.82) is 0 Å². The van der Waals surface area contributed by atoms with Crippen molar-refractivity contribution in [3.63, 3.8) is 0 Å². The summed E-state index contributed by atoms with van der Waals surface area (Å²) < 4.78 is 16.3. The Morgan fingerprint density at radius 3 is 2.45 bits per heavy atom. The van der Waals surface area contributed by atoms with Crippen LogP contribution >= 0.6 is 0 Å². The van der Waals surface area contributed by atoms with Crippen molar-refractivity contribution in [2.45, 2.75) is 43.7 Å². The molecule has 7 nitrogen and oxygen atoms in total. The second kappa shape index (κ2) is 10.0. The van der Waals surface area contributed by atoms with Crippen molar-refractivity contribution in [2.24, 2.45) is 5.92 Å². The molecule has 0 unspecified atom stereocenters.